The molecule has 0 heterocycles. The summed E-state index contributed by atoms with van der Waals surface area (Å²) in [5, 5.41) is 14.4. The van der Waals surface area contributed by atoms with Crippen molar-refractivity contribution in [3.63, 3.8) is 0 Å². The van der Waals surface area contributed by atoms with Crippen molar-refractivity contribution in [2.45, 2.75) is 38.1 Å². The summed E-state index contributed by atoms with van der Waals surface area (Å²) in [5.41, 5.74) is 0.704. The second-order valence-corrected chi connectivity index (χ2v) is 4.75. The van der Waals surface area contributed by atoms with E-state index in [4.69, 9.17) is 4.74 Å². The van der Waals surface area contributed by atoms with Crippen LogP contribution in [0, 0.1) is 10.1 Å². The first-order valence-electron chi connectivity index (χ1n) is 6.21. The summed E-state index contributed by atoms with van der Waals surface area (Å²) in [7, 11) is 1.51. The van der Waals surface area contributed by atoms with Crippen LogP contribution in [0.3, 0.4) is 0 Å². The molecule has 0 aromatic heterocycles. The van der Waals surface area contributed by atoms with Crippen molar-refractivity contribution in [1.82, 2.24) is 0 Å². The number of benzene rings is 1. The van der Waals surface area contributed by atoms with Gasteiger partial charge in [-0.3, -0.25) is 10.1 Å². The van der Waals surface area contributed by atoms with Gasteiger partial charge >= 0.3 is 0 Å². The van der Waals surface area contributed by atoms with E-state index in [1.165, 1.54) is 19.6 Å². The van der Waals surface area contributed by atoms with Crippen molar-refractivity contribution < 1.29 is 9.66 Å². The van der Waals surface area contributed by atoms with Crippen molar-refractivity contribution in [1.29, 1.82) is 0 Å². The van der Waals surface area contributed by atoms with Crippen LogP contribution in [0.2, 0.25) is 0 Å². The maximum absolute atomic E-state index is 11.1. The molecule has 0 atom stereocenters. The lowest BCUT2D eigenvalue weighted by atomic mass is 9.74. The predicted octanol–water partition coefficient (Wildman–Crippen LogP) is 3.35. The minimum atomic E-state index is -0.368. The van der Waals surface area contributed by atoms with Crippen LogP contribution in [0.1, 0.15) is 32.6 Å². The molecular weight excluding hydrogens is 232 g/mol. The molecule has 0 aliphatic heterocycles. The average Bonchev–Trinajstić information content (AvgIpc) is 2.33. The summed E-state index contributed by atoms with van der Waals surface area (Å²) in [4.78, 5) is 10.7. The van der Waals surface area contributed by atoms with Crippen LogP contribution < -0.4 is 10.1 Å². The van der Waals surface area contributed by atoms with Crippen LogP contribution >= 0.6 is 0 Å². The first kappa shape index (κ1) is 12.7. The van der Waals surface area contributed by atoms with Crippen LogP contribution in [-0.4, -0.2) is 17.6 Å². The maximum Gasteiger partial charge on any atom is 0.296 e. The number of rotatable bonds is 5. The Labute approximate surface area is 106 Å². The fourth-order valence-corrected chi connectivity index (χ4v) is 2.35. The third-order valence-corrected chi connectivity index (χ3v) is 3.79. The molecule has 1 saturated carbocycles. The summed E-state index contributed by atoms with van der Waals surface area (Å²) < 4.78 is 5.02. The number of nitro benzene ring substituents is 1. The van der Waals surface area contributed by atoms with Gasteiger partial charge in [-0.05, 0) is 37.8 Å². The van der Waals surface area contributed by atoms with E-state index in [9.17, 15) is 10.1 Å². The Hall–Kier alpha value is -1.78. The summed E-state index contributed by atoms with van der Waals surface area (Å²) in [6.07, 6.45) is 4.32. The van der Waals surface area contributed by atoms with Crippen LogP contribution in [0.4, 0.5) is 11.4 Å². The zero-order valence-corrected chi connectivity index (χ0v) is 10.7. The average molecular weight is 250 g/mol. The molecule has 5 heteroatoms. The van der Waals surface area contributed by atoms with Gasteiger partial charge in [-0.25, -0.2) is 0 Å². The van der Waals surface area contributed by atoms with E-state index in [0.29, 0.717) is 11.4 Å². The maximum atomic E-state index is 11.1. The Morgan fingerprint density at radius 3 is 2.67 bits per heavy atom. The molecule has 1 aromatic carbocycles. The second-order valence-electron chi connectivity index (χ2n) is 4.75. The van der Waals surface area contributed by atoms with Gasteiger partial charge in [0, 0.05) is 5.54 Å². The molecule has 0 spiro atoms. The lowest BCUT2D eigenvalue weighted by molar-refractivity contribution is -0.384. The SMILES string of the molecule is CCC1(Nc2ccc(OC)cc2[N+](=O)[O-])CCC1. The number of hydrogen-bond acceptors (Lipinski definition) is 4. The number of nitro groups is 1. The first-order valence-corrected chi connectivity index (χ1v) is 6.21. The van der Waals surface area contributed by atoms with E-state index in [0.717, 1.165) is 19.3 Å². The molecule has 98 valence electrons. The highest BCUT2D eigenvalue weighted by Crippen LogP contribution is 2.40. The number of anilines is 1. The molecule has 1 aromatic rings. The summed E-state index contributed by atoms with van der Waals surface area (Å²) in [6, 6.07) is 4.94. The lowest BCUT2D eigenvalue weighted by Crippen LogP contribution is -2.44. The molecule has 0 unspecified atom stereocenters. The molecular formula is C13H18N2O3. The Bertz CT molecular complexity index is 450. The number of methoxy groups -OCH3 is 1. The van der Waals surface area contributed by atoms with Gasteiger partial charge in [-0.2, -0.15) is 0 Å². The Morgan fingerprint density at radius 1 is 1.50 bits per heavy atom. The third kappa shape index (κ3) is 2.25. The van der Waals surface area contributed by atoms with E-state index in [-0.39, 0.29) is 16.1 Å². The number of ether oxygens (including phenoxy) is 1. The molecule has 1 aliphatic carbocycles. The van der Waals surface area contributed by atoms with Crippen molar-refractivity contribution in [3.05, 3.63) is 28.3 Å². The van der Waals surface area contributed by atoms with E-state index in [1.807, 2.05) is 0 Å². The Balaban J connectivity index is 2.29. The van der Waals surface area contributed by atoms with Crippen molar-refractivity contribution in [2.75, 3.05) is 12.4 Å². The van der Waals surface area contributed by atoms with E-state index < -0.39 is 0 Å². The van der Waals surface area contributed by atoms with Crippen LogP contribution in [0.5, 0.6) is 5.75 Å². The van der Waals surface area contributed by atoms with E-state index in [1.54, 1.807) is 12.1 Å². The zero-order valence-electron chi connectivity index (χ0n) is 10.7. The van der Waals surface area contributed by atoms with Gasteiger partial charge in [0.2, 0.25) is 0 Å². The molecule has 1 fully saturated rings. The van der Waals surface area contributed by atoms with Crippen molar-refractivity contribution >= 4 is 11.4 Å². The zero-order chi connectivity index (χ0) is 13.2. The molecule has 0 amide bonds. The number of nitrogens with zero attached hydrogens (tertiary/aromatic N) is 1. The van der Waals surface area contributed by atoms with Crippen molar-refractivity contribution in [2.24, 2.45) is 0 Å². The van der Waals surface area contributed by atoms with Gasteiger partial charge in [0.05, 0.1) is 18.1 Å². The van der Waals surface area contributed by atoms with Gasteiger partial charge in [-0.15, -0.1) is 0 Å². The van der Waals surface area contributed by atoms with Gasteiger partial charge in [0.15, 0.2) is 0 Å². The normalized spacial score (nSPS) is 16.8. The summed E-state index contributed by atoms with van der Waals surface area (Å²) >= 11 is 0. The third-order valence-electron chi connectivity index (χ3n) is 3.79. The highest BCUT2D eigenvalue weighted by molar-refractivity contribution is 5.65. The van der Waals surface area contributed by atoms with Crippen LogP contribution in [0.15, 0.2) is 18.2 Å². The number of hydrogen-bond donors (Lipinski definition) is 1. The molecule has 0 saturated heterocycles. The van der Waals surface area contributed by atoms with Gasteiger partial charge in [0.1, 0.15) is 11.4 Å². The Morgan fingerprint density at radius 2 is 2.22 bits per heavy atom. The van der Waals surface area contributed by atoms with Gasteiger partial charge in [0.25, 0.3) is 5.69 Å². The summed E-state index contributed by atoms with van der Waals surface area (Å²) in [5.74, 6) is 0.506. The molecule has 2 rings (SSSR count). The quantitative estimate of drug-likeness (QED) is 0.643. The molecule has 0 radical (unpaired) electrons. The molecule has 5 nitrogen and oxygen atoms in total. The largest absolute Gasteiger partial charge is 0.496 e. The molecule has 18 heavy (non-hydrogen) atoms. The van der Waals surface area contributed by atoms with Gasteiger partial charge in [-0.1, -0.05) is 6.92 Å². The standard InChI is InChI=1S/C13H18N2O3/c1-3-13(7-4-8-13)14-11-6-5-10(18-2)9-12(11)15(16)17/h5-6,9,14H,3-4,7-8H2,1-2H3. The smallest absolute Gasteiger partial charge is 0.296 e. The van der Waals surface area contributed by atoms with E-state index in [2.05, 4.69) is 12.2 Å². The molecule has 0 bridgehead atoms. The highest BCUT2D eigenvalue weighted by atomic mass is 16.6. The fourth-order valence-electron chi connectivity index (χ4n) is 2.35. The molecule has 1 aliphatic rings. The molecule has 1 N–H and O–H groups in total. The first-order chi connectivity index (χ1) is 8.60. The van der Waals surface area contributed by atoms with Crippen LogP contribution in [0.25, 0.3) is 0 Å². The predicted molar refractivity (Wildman–Crippen MR) is 70.1 cm³/mol. The lowest BCUT2D eigenvalue weighted by Gasteiger charge is -2.42. The minimum absolute atomic E-state index is 0.0410. The van der Waals surface area contributed by atoms with Gasteiger partial charge < -0.3 is 10.1 Å². The number of nitrogens with one attached hydrogen (secondary N) is 1. The second kappa shape index (κ2) is 4.84. The Kier molecular flexibility index (Phi) is 3.41. The van der Waals surface area contributed by atoms with Crippen LogP contribution in [-0.2, 0) is 0 Å². The van der Waals surface area contributed by atoms with E-state index >= 15 is 0 Å². The summed E-state index contributed by atoms with van der Waals surface area (Å²) in [6.45, 7) is 2.11. The minimum Gasteiger partial charge on any atom is -0.496 e. The monoisotopic (exact) mass is 250 g/mol. The fraction of sp³-hybridized carbons (Fsp3) is 0.538. The highest BCUT2D eigenvalue weighted by Gasteiger charge is 2.36. The topological polar surface area (TPSA) is 64.4 Å². The van der Waals surface area contributed by atoms with Crippen molar-refractivity contribution in [3.8, 4) is 5.75 Å².